The molecule has 0 spiro atoms. The molecular weight excluding hydrogens is 292 g/mol. The van der Waals surface area contributed by atoms with Crippen molar-refractivity contribution >= 4 is 17.5 Å². The third kappa shape index (κ3) is 5.31. The maximum atomic E-state index is 12.5. The normalized spacial score (nSPS) is 20.7. The fourth-order valence-corrected chi connectivity index (χ4v) is 2.71. The summed E-state index contributed by atoms with van der Waals surface area (Å²) < 4.78 is 5.32. The molecule has 0 fully saturated rings. The topological polar surface area (TPSA) is 60.4 Å². The molecule has 23 heavy (non-hydrogen) atoms. The number of ether oxygens (including phenoxy) is 1. The van der Waals surface area contributed by atoms with Gasteiger partial charge in [0.1, 0.15) is 5.78 Å². The molecule has 0 aromatic rings. The van der Waals surface area contributed by atoms with E-state index < -0.39 is 12.1 Å². The number of ketones is 2. The first-order valence-corrected chi connectivity index (χ1v) is 7.82. The Morgan fingerprint density at radius 2 is 1.91 bits per heavy atom. The molecule has 1 rings (SSSR count). The van der Waals surface area contributed by atoms with Crippen LogP contribution in [-0.2, 0) is 19.1 Å². The molecule has 1 aliphatic rings. The van der Waals surface area contributed by atoms with E-state index in [0.717, 1.165) is 11.1 Å². The Balaban J connectivity index is 2.94. The average molecular weight is 318 g/mol. The highest BCUT2D eigenvalue weighted by Crippen LogP contribution is 2.40. The van der Waals surface area contributed by atoms with Gasteiger partial charge in [-0.3, -0.25) is 9.59 Å². The Kier molecular flexibility index (Phi) is 6.25. The maximum Gasteiger partial charge on any atom is 0.306 e. The van der Waals surface area contributed by atoms with Crippen molar-refractivity contribution < 1.29 is 19.1 Å². The minimum absolute atomic E-state index is 0.0186. The molecular formula is C19H26O4. The largest absolute Gasteiger partial charge is 0.454 e. The smallest absolute Gasteiger partial charge is 0.306 e. The fraction of sp³-hybridized carbons (Fsp3) is 0.526. The molecule has 0 heterocycles. The molecule has 4 nitrogen and oxygen atoms in total. The van der Waals surface area contributed by atoms with Gasteiger partial charge in [0.05, 0.1) is 6.42 Å². The summed E-state index contributed by atoms with van der Waals surface area (Å²) in [5.74, 6) is -0.731. The van der Waals surface area contributed by atoms with Crippen molar-refractivity contribution in [3.8, 4) is 0 Å². The van der Waals surface area contributed by atoms with E-state index in [4.69, 9.17) is 4.74 Å². The molecule has 0 saturated carbocycles. The Labute approximate surface area is 138 Å². The molecule has 0 amide bonds. The van der Waals surface area contributed by atoms with Crippen LogP contribution in [0, 0.1) is 5.41 Å². The molecule has 4 heteroatoms. The van der Waals surface area contributed by atoms with E-state index in [9.17, 15) is 14.4 Å². The van der Waals surface area contributed by atoms with Gasteiger partial charge in [-0.25, -0.2) is 0 Å². The molecule has 0 saturated heterocycles. The van der Waals surface area contributed by atoms with Crippen LogP contribution >= 0.6 is 0 Å². The first-order chi connectivity index (χ1) is 10.5. The fourth-order valence-electron chi connectivity index (χ4n) is 2.71. The molecule has 0 aromatic carbocycles. The van der Waals surface area contributed by atoms with E-state index in [1.807, 2.05) is 32.9 Å². The first kappa shape index (κ1) is 19.1. The Hall–Kier alpha value is -1.97. The van der Waals surface area contributed by atoms with Gasteiger partial charge in [-0.2, -0.15) is 0 Å². The highest BCUT2D eigenvalue weighted by molar-refractivity contribution is 6.01. The van der Waals surface area contributed by atoms with Crippen molar-refractivity contribution in [3.63, 3.8) is 0 Å². The number of Topliss-reactive ketones (excluding diaryl/α,β-unsaturated/α-hetero) is 2. The van der Waals surface area contributed by atoms with E-state index in [2.05, 4.69) is 6.58 Å². The SMILES string of the molecule is C=C(C)/C=C/C1=C(C)C(=O)C(OC(=O)CCC(C)=O)CC1(C)C. The molecule has 0 N–H and O–H groups in total. The molecule has 1 unspecified atom stereocenters. The van der Waals surface area contributed by atoms with E-state index in [1.165, 1.54) is 6.92 Å². The molecule has 0 bridgehead atoms. The summed E-state index contributed by atoms with van der Waals surface area (Å²) in [6, 6.07) is 0. The van der Waals surface area contributed by atoms with Crippen LogP contribution in [0.5, 0.6) is 0 Å². The summed E-state index contributed by atoms with van der Waals surface area (Å²) >= 11 is 0. The van der Waals surface area contributed by atoms with Gasteiger partial charge in [-0.05, 0) is 37.3 Å². The number of carbonyl (C=O) groups is 3. The van der Waals surface area contributed by atoms with E-state index in [0.29, 0.717) is 12.0 Å². The molecule has 1 atom stereocenters. The minimum atomic E-state index is -0.772. The maximum absolute atomic E-state index is 12.5. The number of carbonyl (C=O) groups excluding carboxylic acids is 3. The van der Waals surface area contributed by atoms with Crippen LogP contribution in [0.4, 0.5) is 0 Å². The Morgan fingerprint density at radius 1 is 1.30 bits per heavy atom. The van der Waals surface area contributed by atoms with Crippen LogP contribution in [0.25, 0.3) is 0 Å². The Bertz CT molecular complexity index is 590. The zero-order valence-electron chi connectivity index (χ0n) is 14.7. The van der Waals surface area contributed by atoms with Gasteiger partial charge >= 0.3 is 5.97 Å². The molecule has 1 aliphatic carbocycles. The second kappa shape index (κ2) is 7.53. The van der Waals surface area contributed by atoms with Gasteiger partial charge in [0.15, 0.2) is 11.9 Å². The van der Waals surface area contributed by atoms with Gasteiger partial charge in [0, 0.05) is 12.8 Å². The second-order valence-electron chi connectivity index (χ2n) is 6.85. The van der Waals surface area contributed by atoms with Gasteiger partial charge < -0.3 is 9.53 Å². The Morgan fingerprint density at radius 3 is 2.43 bits per heavy atom. The summed E-state index contributed by atoms with van der Waals surface area (Å²) in [5, 5.41) is 0. The predicted molar refractivity (Wildman–Crippen MR) is 89.9 cm³/mol. The monoisotopic (exact) mass is 318 g/mol. The summed E-state index contributed by atoms with van der Waals surface area (Å²) in [6.07, 6.45) is 3.63. The molecule has 0 aliphatic heterocycles. The van der Waals surface area contributed by atoms with Gasteiger partial charge in [0.25, 0.3) is 0 Å². The minimum Gasteiger partial charge on any atom is -0.454 e. The lowest BCUT2D eigenvalue weighted by molar-refractivity contribution is -0.156. The average Bonchev–Trinajstić information content (AvgIpc) is 2.41. The van der Waals surface area contributed by atoms with Crippen LogP contribution < -0.4 is 0 Å². The van der Waals surface area contributed by atoms with Crippen LogP contribution in [0.3, 0.4) is 0 Å². The van der Waals surface area contributed by atoms with Crippen LogP contribution in [0.1, 0.15) is 53.9 Å². The van der Waals surface area contributed by atoms with Crippen LogP contribution in [-0.4, -0.2) is 23.6 Å². The van der Waals surface area contributed by atoms with Crippen molar-refractivity contribution in [1.29, 1.82) is 0 Å². The van der Waals surface area contributed by atoms with Crippen molar-refractivity contribution in [3.05, 3.63) is 35.5 Å². The van der Waals surface area contributed by atoms with Crippen molar-refractivity contribution in [1.82, 2.24) is 0 Å². The van der Waals surface area contributed by atoms with Gasteiger partial charge in [-0.15, -0.1) is 0 Å². The van der Waals surface area contributed by atoms with Crippen molar-refractivity contribution in [2.45, 2.75) is 60.0 Å². The van der Waals surface area contributed by atoms with Gasteiger partial charge in [0.2, 0.25) is 0 Å². The molecule has 126 valence electrons. The number of hydrogen-bond donors (Lipinski definition) is 0. The van der Waals surface area contributed by atoms with Gasteiger partial charge in [-0.1, -0.05) is 38.2 Å². The summed E-state index contributed by atoms with van der Waals surface area (Å²) in [5.41, 5.74) is 2.19. The number of allylic oxidation sites excluding steroid dienone is 4. The lowest BCUT2D eigenvalue weighted by Gasteiger charge is -2.36. The number of rotatable bonds is 6. The highest BCUT2D eigenvalue weighted by Gasteiger charge is 2.39. The second-order valence-corrected chi connectivity index (χ2v) is 6.85. The lowest BCUT2D eigenvalue weighted by atomic mass is 9.71. The summed E-state index contributed by atoms with van der Waals surface area (Å²) in [6.45, 7) is 13.0. The molecule has 0 radical (unpaired) electrons. The lowest BCUT2D eigenvalue weighted by Crippen LogP contribution is -2.39. The van der Waals surface area contributed by atoms with E-state index >= 15 is 0 Å². The summed E-state index contributed by atoms with van der Waals surface area (Å²) in [4.78, 5) is 35.2. The zero-order chi connectivity index (χ0) is 17.8. The van der Waals surface area contributed by atoms with E-state index in [-0.39, 0.29) is 29.8 Å². The van der Waals surface area contributed by atoms with Crippen LogP contribution in [0.2, 0.25) is 0 Å². The predicted octanol–water partition coefficient (Wildman–Crippen LogP) is 3.72. The standard InChI is InChI=1S/C19H26O4/c1-12(2)7-9-15-14(4)18(22)16(11-19(15,5)6)23-17(21)10-8-13(3)20/h7,9,16H,1,8,10-11H2,2-6H3/b9-7+. The van der Waals surface area contributed by atoms with Crippen molar-refractivity contribution in [2.75, 3.05) is 0 Å². The number of hydrogen-bond acceptors (Lipinski definition) is 4. The highest BCUT2D eigenvalue weighted by atomic mass is 16.5. The quantitative estimate of drug-likeness (QED) is 0.553. The van der Waals surface area contributed by atoms with Crippen LogP contribution in [0.15, 0.2) is 35.5 Å². The van der Waals surface area contributed by atoms with E-state index in [1.54, 1.807) is 6.92 Å². The zero-order valence-corrected chi connectivity index (χ0v) is 14.7. The third-order valence-electron chi connectivity index (χ3n) is 3.98. The number of esters is 1. The summed E-state index contributed by atoms with van der Waals surface area (Å²) in [7, 11) is 0. The first-order valence-electron chi connectivity index (χ1n) is 7.82. The molecule has 0 aromatic heterocycles. The van der Waals surface area contributed by atoms with Crippen molar-refractivity contribution in [2.24, 2.45) is 5.41 Å². The third-order valence-corrected chi connectivity index (χ3v) is 3.98.